The molecule has 3 rings (SSSR count). The lowest BCUT2D eigenvalue weighted by Gasteiger charge is -2.06. The number of nitrogens with zero attached hydrogens (tertiary/aromatic N) is 3. The van der Waals surface area contributed by atoms with Crippen LogP contribution in [-0.2, 0) is 0 Å². The number of fused-ring (bicyclic) bond motifs is 1. The average molecular weight is 400 g/mol. The van der Waals surface area contributed by atoms with Crippen LogP contribution in [0.5, 0.6) is 11.6 Å². The van der Waals surface area contributed by atoms with E-state index < -0.39 is 10.7 Å². The number of aromatic nitrogens is 3. The molecule has 0 radical (unpaired) electrons. The van der Waals surface area contributed by atoms with Crippen LogP contribution in [0.25, 0.3) is 11.0 Å². The first-order valence-corrected chi connectivity index (χ1v) is 6.73. The molecule has 0 bridgehead atoms. The van der Waals surface area contributed by atoms with Crippen LogP contribution in [-0.4, -0.2) is 19.9 Å². The Morgan fingerprint density at radius 3 is 2.90 bits per heavy atom. The third-order valence-electron chi connectivity index (χ3n) is 2.72. The molecule has 0 spiro atoms. The summed E-state index contributed by atoms with van der Waals surface area (Å²) in [7, 11) is 0. The van der Waals surface area contributed by atoms with Crippen molar-refractivity contribution in [2.24, 2.45) is 0 Å². The Labute approximate surface area is 130 Å². The summed E-state index contributed by atoms with van der Waals surface area (Å²) < 4.78 is 20.1. The molecular weight excluding hydrogens is 394 g/mol. The van der Waals surface area contributed by atoms with E-state index in [4.69, 9.17) is 4.74 Å². The lowest BCUT2D eigenvalue weighted by atomic mass is 10.3. The fourth-order valence-electron chi connectivity index (χ4n) is 1.77. The second-order valence-corrected chi connectivity index (χ2v) is 5.18. The first-order valence-electron chi connectivity index (χ1n) is 5.65. The fourth-order valence-corrected chi connectivity index (χ4v) is 2.41. The average Bonchev–Trinajstić information content (AvgIpc) is 2.83. The number of nitro groups is 1. The minimum atomic E-state index is -0.832. The van der Waals surface area contributed by atoms with E-state index in [2.05, 4.69) is 37.5 Å². The lowest BCUT2D eigenvalue weighted by Crippen LogP contribution is -1.95. The quantitative estimate of drug-likeness (QED) is 0.413. The molecule has 7 nitrogen and oxygen atoms in total. The SMILES string of the molecule is O=[N+]([O-])c1ccc(Oc2ncnc3[nH]cc(I)c23)c(F)c1. The zero-order valence-corrected chi connectivity index (χ0v) is 12.4. The van der Waals surface area contributed by atoms with Gasteiger partial charge in [0.15, 0.2) is 11.6 Å². The molecule has 0 saturated carbocycles. The summed E-state index contributed by atoms with van der Waals surface area (Å²) in [6.07, 6.45) is 3.01. The molecule has 106 valence electrons. The minimum Gasteiger partial charge on any atom is -0.435 e. The number of hydrogen-bond donors (Lipinski definition) is 1. The van der Waals surface area contributed by atoms with Crippen LogP contribution in [0.4, 0.5) is 10.1 Å². The van der Waals surface area contributed by atoms with Gasteiger partial charge in [-0.15, -0.1) is 0 Å². The number of hydrogen-bond acceptors (Lipinski definition) is 5. The van der Waals surface area contributed by atoms with Crippen LogP contribution >= 0.6 is 22.6 Å². The number of nitro benzene ring substituents is 1. The summed E-state index contributed by atoms with van der Waals surface area (Å²) >= 11 is 2.07. The Morgan fingerprint density at radius 1 is 1.38 bits per heavy atom. The van der Waals surface area contributed by atoms with E-state index in [1.807, 2.05) is 0 Å². The van der Waals surface area contributed by atoms with Gasteiger partial charge >= 0.3 is 0 Å². The molecule has 2 aromatic heterocycles. The van der Waals surface area contributed by atoms with Gasteiger partial charge < -0.3 is 9.72 Å². The van der Waals surface area contributed by atoms with E-state index >= 15 is 0 Å². The van der Waals surface area contributed by atoms with Gasteiger partial charge in [-0.05, 0) is 28.7 Å². The number of benzene rings is 1. The maximum Gasteiger partial charge on any atom is 0.272 e. The summed E-state index contributed by atoms with van der Waals surface area (Å²) in [5.74, 6) is -0.794. The number of ether oxygens (including phenoxy) is 1. The van der Waals surface area contributed by atoms with Crippen LogP contribution in [0, 0.1) is 19.5 Å². The first kappa shape index (κ1) is 13.7. The molecule has 2 heterocycles. The smallest absolute Gasteiger partial charge is 0.272 e. The minimum absolute atomic E-state index is 0.141. The molecule has 0 saturated heterocycles. The number of halogens is 2. The molecule has 1 aromatic carbocycles. The highest BCUT2D eigenvalue weighted by atomic mass is 127. The lowest BCUT2D eigenvalue weighted by molar-refractivity contribution is -0.385. The third kappa shape index (κ3) is 2.51. The van der Waals surface area contributed by atoms with Gasteiger partial charge in [0, 0.05) is 15.8 Å². The molecule has 0 aliphatic carbocycles. The number of nitrogens with one attached hydrogen (secondary N) is 1. The number of rotatable bonds is 3. The topological polar surface area (TPSA) is 93.9 Å². The van der Waals surface area contributed by atoms with Gasteiger partial charge in [-0.1, -0.05) is 0 Å². The van der Waals surface area contributed by atoms with Crippen molar-refractivity contribution < 1.29 is 14.1 Å². The van der Waals surface area contributed by atoms with Crippen LogP contribution in [0.15, 0.2) is 30.7 Å². The fraction of sp³-hybridized carbons (Fsp3) is 0. The van der Waals surface area contributed by atoms with Crippen molar-refractivity contribution in [3.05, 3.63) is 50.2 Å². The van der Waals surface area contributed by atoms with Crippen molar-refractivity contribution in [3.63, 3.8) is 0 Å². The zero-order chi connectivity index (χ0) is 15.0. The second-order valence-electron chi connectivity index (χ2n) is 4.01. The van der Waals surface area contributed by atoms with Crippen molar-refractivity contribution in [3.8, 4) is 11.6 Å². The summed E-state index contributed by atoms with van der Waals surface area (Å²) in [4.78, 5) is 20.8. The highest BCUT2D eigenvalue weighted by Crippen LogP contribution is 2.32. The molecule has 0 fully saturated rings. The zero-order valence-electron chi connectivity index (χ0n) is 10.2. The summed E-state index contributed by atoms with van der Waals surface area (Å²) in [6, 6.07) is 3.16. The van der Waals surface area contributed by atoms with Crippen LogP contribution in [0.1, 0.15) is 0 Å². The molecule has 0 atom stereocenters. The van der Waals surface area contributed by atoms with Crippen LogP contribution in [0.2, 0.25) is 0 Å². The standard InChI is InChI=1S/C12H6FIN4O3/c13-7-3-6(18(19)20)1-2-9(7)21-12-10-8(14)4-15-11(10)16-5-17-12/h1-5H,(H,15,16,17). The molecule has 9 heteroatoms. The molecule has 1 N–H and O–H groups in total. The van der Waals surface area contributed by atoms with E-state index in [1.54, 1.807) is 6.20 Å². The monoisotopic (exact) mass is 400 g/mol. The van der Waals surface area contributed by atoms with E-state index in [-0.39, 0.29) is 17.3 Å². The Hall–Kier alpha value is -2.30. The normalized spacial score (nSPS) is 10.8. The first-order chi connectivity index (χ1) is 10.1. The van der Waals surface area contributed by atoms with E-state index in [9.17, 15) is 14.5 Å². The van der Waals surface area contributed by atoms with Crippen molar-refractivity contribution in [1.29, 1.82) is 0 Å². The number of aromatic amines is 1. The Kier molecular flexibility index (Phi) is 3.41. The Morgan fingerprint density at radius 2 is 2.19 bits per heavy atom. The molecule has 3 aromatic rings. The summed E-state index contributed by atoms with van der Waals surface area (Å²) in [6.45, 7) is 0. The van der Waals surface area contributed by atoms with E-state index in [0.717, 1.165) is 9.64 Å². The Balaban J connectivity index is 2.03. The highest BCUT2D eigenvalue weighted by molar-refractivity contribution is 14.1. The van der Waals surface area contributed by atoms with Gasteiger partial charge in [0.25, 0.3) is 5.69 Å². The second kappa shape index (κ2) is 5.24. The molecule has 0 amide bonds. The highest BCUT2D eigenvalue weighted by Gasteiger charge is 2.16. The van der Waals surface area contributed by atoms with Gasteiger partial charge in [-0.3, -0.25) is 10.1 Å². The third-order valence-corrected chi connectivity index (χ3v) is 3.57. The van der Waals surface area contributed by atoms with Gasteiger partial charge in [-0.25, -0.2) is 14.4 Å². The molecule has 21 heavy (non-hydrogen) atoms. The van der Waals surface area contributed by atoms with Gasteiger partial charge in [0.2, 0.25) is 5.88 Å². The molecule has 0 aliphatic heterocycles. The van der Waals surface area contributed by atoms with Gasteiger partial charge in [0.1, 0.15) is 12.0 Å². The maximum absolute atomic E-state index is 13.8. The van der Waals surface area contributed by atoms with Crippen molar-refractivity contribution >= 4 is 39.3 Å². The Bertz CT molecular complexity index is 852. The van der Waals surface area contributed by atoms with Gasteiger partial charge in [-0.2, -0.15) is 0 Å². The summed E-state index contributed by atoms with van der Waals surface area (Å²) in [5, 5.41) is 11.2. The van der Waals surface area contributed by atoms with E-state index in [1.165, 1.54) is 18.5 Å². The van der Waals surface area contributed by atoms with Gasteiger partial charge in [0.05, 0.1) is 16.4 Å². The van der Waals surface area contributed by atoms with Crippen LogP contribution < -0.4 is 4.74 Å². The predicted molar refractivity (Wildman–Crippen MR) is 79.7 cm³/mol. The molecule has 0 aliphatic rings. The predicted octanol–water partition coefficient (Wildman–Crippen LogP) is 3.40. The molecular formula is C12H6FIN4O3. The summed E-state index contributed by atoms with van der Waals surface area (Å²) in [5.41, 5.74) is 0.218. The van der Waals surface area contributed by atoms with Crippen molar-refractivity contribution in [2.75, 3.05) is 0 Å². The number of non-ortho nitro benzene ring substituents is 1. The molecule has 0 unspecified atom stereocenters. The largest absolute Gasteiger partial charge is 0.435 e. The maximum atomic E-state index is 13.8. The number of H-pyrrole nitrogens is 1. The van der Waals surface area contributed by atoms with E-state index in [0.29, 0.717) is 11.0 Å². The van der Waals surface area contributed by atoms with Crippen molar-refractivity contribution in [1.82, 2.24) is 15.0 Å². The van der Waals surface area contributed by atoms with Crippen LogP contribution in [0.3, 0.4) is 0 Å². The van der Waals surface area contributed by atoms with Crippen molar-refractivity contribution in [2.45, 2.75) is 0 Å².